The van der Waals surface area contributed by atoms with Crippen molar-refractivity contribution in [3.05, 3.63) is 139 Å². The van der Waals surface area contributed by atoms with Gasteiger partial charge in [-0.3, -0.25) is 3.97 Å². The Kier molecular flexibility index (Phi) is 7.80. The largest absolute Gasteiger partial charge is 0.310 e. The molecule has 7 rings (SSSR count). The van der Waals surface area contributed by atoms with E-state index in [1.165, 1.54) is 17.8 Å². The summed E-state index contributed by atoms with van der Waals surface area (Å²) >= 11 is 1.28. The van der Waals surface area contributed by atoms with Crippen LogP contribution in [-0.2, 0) is 9.08 Å². The number of hydrogen-bond acceptors (Lipinski definition) is 5. The van der Waals surface area contributed by atoms with E-state index in [1.807, 2.05) is 18.2 Å². The van der Waals surface area contributed by atoms with Crippen LogP contribution in [0.25, 0.3) is 34.0 Å². The Morgan fingerprint density at radius 1 is 0.674 bits per heavy atom. The quantitative estimate of drug-likeness (QED) is 0.0966. The summed E-state index contributed by atoms with van der Waals surface area (Å²) < 4.78 is 8.23. The Hall–Kier alpha value is -4.62. The van der Waals surface area contributed by atoms with Gasteiger partial charge in [0, 0.05) is 34.4 Å². The van der Waals surface area contributed by atoms with E-state index < -0.39 is 0 Å². The fraction of sp³-hybridized carbons (Fsp3) is 0.108. The van der Waals surface area contributed by atoms with E-state index in [4.69, 9.17) is 4.28 Å². The Bertz CT molecular complexity index is 1880. The summed E-state index contributed by atoms with van der Waals surface area (Å²) in [5.74, 6) is 0. The number of anilines is 3. The van der Waals surface area contributed by atoms with Gasteiger partial charge in [0.2, 0.25) is 0 Å². The molecular formula is C37H31N3O2S. The summed E-state index contributed by atoms with van der Waals surface area (Å²) in [4.78, 5) is 13.8. The monoisotopic (exact) mass is 581 g/mol. The first-order valence-corrected chi connectivity index (χ1v) is 15.3. The number of carbonyl (C=O) groups is 1. The van der Waals surface area contributed by atoms with Gasteiger partial charge in [0.25, 0.3) is 0 Å². The molecule has 1 aliphatic rings. The maximum atomic E-state index is 11.5. The number of carbonyl (C=O) groups excluding carboxylic acids is 1. The topological polar surface area (TPSA) is 37.7 Å². The number of aromatic nitrogens is 1. The second-order valence-corrected chi connectivity index (χ2v) is 11.3. The molecule has 5 aromatic carbocycles. The number of nitrogens with zero attached hydrogens (tertiary/aromatic N) is 3. The van der Waals surface area contributed by atoms with Crippen molar-refractivity contribution in [2.75, 3.05) is 11.4 Å². The molecule has 1 aromatic heterocycles. The molecule has 212 valence electrons. The summed E-state index contributed by atoms with van der Waals surface area (Å²) in [6, 6.07) is 44.3. The van der Waals surface area contributed by atoms with Crippen LogP contribution in [0.2, 0.25) is 0 Å². The highest BCUT2D eigenvalue weighted by Crippen LogP contribution is 2.40. The lowest BCUT2D eigenvalue weighted by Crippen LogP contribution is -2.28. The number of rotatable bonds is 9. The van der Waals surface area contributed by atoms with Crippen molar-refractivity contribution in [2.45, 2.75) is 18.9 Å². The van der Waals surface area contributed by atoms with E-state index in [2.05, 4.69) is 130 Å². The van der Waals surface area contributed by atoms with E-state index in [9.17, 15) is 4.79 Å². The van der Waals surface area contributed by atoms with Gasteiger partial charge in [-0.2, -0.15) is 5.06 Å². The van der Waals surface area contributed by atoms with Crippen LogP contribution < -0.4 is 4.90 Å². The minimum absolute atomic E-state index is 0.188. The molecule has 0 bridgehead atoms. The zero-order chi connectivity index (χ0) is 29.0. The molecule has 5 nitrogen and oxygen atoms in total. The van der Waals surface area contributed by atoms with E-state index in [0.717, 1.165) is 70.1 Å². The minimum Gasteiger partial charge on any atom is -0.310 e. The van der Waals surface area contributed by atoms with Crippen LogP contribution in [0.1, 0.15) is 24.0 Å². The predicted octanol–water partition coefficient (Wildman–Crippen LogP) is 9.44. The van der Waals surface area contributed by atoms with E-state index in [1.54, 1.807) is 5.06 Å². The number of aldehydes is 1. The van der Waals surface area contributed by atoms with Gasteiger partial charge in [0.15, 0.2) is 0 Å². The molecule has 0 spiro atoms. The van der Waals surface area contributed by atoms with Crippen molar-refractivity contribution in [2.24, 2.45) is 0 Å². The molecule has 0 saturated carbocycles. The number of hydroxylamine groups is 2. The van der Waals surface area contributed by atoms with Gasteiger partial charge in [-0.1, -0.05) is 91.0 Å². The third kappa shape index (κ3) is 5.60. The zero-order valence-electron chi connectivity index (χ0n) is 23.6. The van der Waals surface area contributed by atoms with Crippen molar-refractivity contribution in [3.63, 3.8) is 0 Å². The average Bonchev–Trinajstić information content (AvgIpc) is 3.66. The Morgan fingerprint density at radius 3 is 2.07 bits per heavy atom. The average molecular weight is 582 g/mol. The van der Waals surface area contributed by atoms with Crippen molar-refractivity contribution >= 4 is 69.5 Å². The summed E-state index contributed by atoms with van der Waals surface area (Å²) in [5, 5.41) is 4.08. The molecular weight excluding hydrogens is 550 g/mol. The van der Waals surface area contributed by atoms with Gasteiger partial charge < -0.3 is 9.69 Å². The standard InChI is InChI=1S/C37H31N3O2S/c41-27-33-14-9-25-38(33)42-43-40-36-16-8-7-15-34(36)35-26-32(23-24-37(35)40)39(30-12-5-2-6-13-30)31-21-19-29(20-22-31)18-17-28-10-3-1-4-11-28/h1-8,10-13,15-24,26-27,33H,9,14,25H2/b18-17+/t33-/m0/s1. The molecule has 1 fully saturated rings. The fourth-order valence-electron chi connectivity index (χ4n) is 5.73. The highest BCUT2D eigenvalue weighted by molar-refractivity contribution is 7.93. The molecule has 1 saturated heterocycles. The summed E-state index contributed by atoms with van der Waals surface area (Å²) in [6.45, 7) is 0.755. The SMILES string of the molecule is O=C[C@@H]1CCCN1OSn1c2ccccc2c2cc(N(c3ccccc3)c3ccc(/C=C/c4ccccc4)cc3)ccc21. The van der Waals surface area contributed by atoms with Gasteiger partial charge in [0.1, 0.15) is 18.5 Å². The zero-order valence-corrected chi connectivity index (χ0v) is 24.4. The Morgan fingerprint density at radius 2 is 1.30 bits per heavy atom. The van der Waals surface area contributed by atoms with E-state index in [-0.39, 0.29) is 6.04 Å². The van der Waals surface area contributed by atoms with Crippen LogP contribution in [-0.4, -0.2) is 27.9 Å². The molecule has 0 unspecified atom stereocenters. The van der Waals surface area contributed by atoms with E-state index >= 15 is 0 Å². The first-order valence-electron chi connectivity index (χ1n) is 14.6. The molecule has 0 N–H and O–H groups in total. The first-order chi connectivity index (χ1) is 21.3. The third-order valence-electron chi connectivity index (χ3n) is 7.91. The molecule has 0 amide bonds. The maximum absolute atomic E-state index is 11.5. The predicted molar refractivity (Wildman–Crippen MR) is 179 cm³/mol. The van der Waals surface area contributed by atoms with Crippen LogP contribution in [0.5, 0.6) is 0 Å². The third-order valence-corrected chi connectivity index (χ3v) is 8.71. The normalized spacial score (nSPS) is 15.5. The molecule has 43 heavy (non-hydrogen) atoms. The van der Waals surface area contributed by atoms with Gasteiger partial charge in [-0.25, -0.2) is 4.28 Å². The van der Waals surface area contributed by atoms with Crippen molar-refractivity contribution < 1.29 is 9.08 Å². The van der Waals surface area contributed by atoms with Gasteiger partial charge >= 0.3 is 0 Å². The van der Waals surface area contributed by atoms with Crippen LogP contribution in [0.15, 0.2) is 127 Å². The fourth-order valence-corrected chi connectivity index (χ4v) is 6.55. The summed E-state index contributed by atoms with van der Waals surface area (Å²) in [6.07, 6.45) is 7.06. The second kappa shape index (κ2) is 12.3. The Labute approximate surface area is 255 Å². The van der Waals surface area contributed by atoms with Crippen molar-refractivity contribution in [1.29, 1.82) is 0 Å². The van der Waals surface area contributed by atoms with Crippen molar-refractivity contribution in [1.82, 2.24) is 9.04 Å². The lowest BCUT2D eigenvalue weighted by molar-refractivity contribution is -0.121. The van der Waals surface area contributed by atoms with Crippen LogP contribution in [0.4, 0.5) is 17.1 Å². The lowest BCUT2D eigenvalue weighted by atomic mass is 10.1. The smallest absolute Gasteiger partial charge is 0.141 e. The molecule has 1 atom stereocenters. The summed E-state index contributed by atoms with van der Waals surface area (Å²) in [7, 11) is 0. The number of fused-ring (bicyclic) bond motifs is 3. The van der Waals surface area contributed by atoms with Crippen molar-refractivity contribution in [3.8, 4) is 0 Å². The van der Waals surface area contributed by atoms with Crippen LogP contribution in [0.3, 0.4) is 0 Å². The number of benzene rings is 5. The highest BCUT2D eigenvalue weighted by Gasteiger charge is 2.26. The maximum Gasteiger partial charge on any atom is 0.141 e. The van der Waals surface area contributed by atoms with Gasteiger partial charge in [0.05, 0.1) is 17.1 Å². The number of hydrogen-bond donors (Lipinski definition) is 0. The van der Waals surface area contributed by atoms with Gasteiger partial charge in [-0.05, 0) is 72.5 Å². The molecule has 0 radical (unpaired) electrons. The highest BCUT2D eigenvalue weighted by atomic mass is 32.2. The van der Waals surface area contributed by atoms with Crippen LogP contribution >= 0.6 is 12.2 Å². The minimum atomic E-state index is -0.188. The molecule has 0 aliphatic carbocycles. The Balaban J connectivity index is 1.26. The lowest BCUT2D eigenvalue weighted by Gasteiger charge is -2.25. The number of para-hydroxylation sites is 2. The molecule has 6 heteroatoms. The molecule has 6 aromatic rings. The molecule has 2 heterocycles. The van der Waals surface area contributed by atoms with Gasteiger partial charge in [-0.15, -0.1) is 0 Å². The second-order valence-electron chi connectivity index (χ2n) is 10.7. The molecule has 1 aliphatic heterocycles. The van der Waals surface area contributed by atoms with Crippen LogP contribution in [0, 0.1) is 0 Å². The van der Waals surface area contributed by atoms with E-state index in [0.29, 0.717) is 0 Å². The summed E-state index contributed by atoms with van der Waals surface area (Å²) in [5.41, 5.74) is 7.69. The first kappa shape index (κ1) is 27.2.